The molecular formula is C37H36F3N3O2. The highest BCUT2D eigenvalue weighted by Gasteiger charge is 2.32. The van der Waals surface area contributed by atoms with Crippen LogP contribution in [0.2, 0.25) is 0 Å². The number of aromatic nitrogens is 2. The Balaban J connectivity index is 1.49. The number of ether oxygens (including phenoxy) is 2. The largest absolute Gasteiger partial charge is 0.454 e. The Kier molecular flexibility index (Phi) is 8.94. The van der Waals surface area contributed by atoms with E-state index in [1.807, 2.05) is 54.6 Å². The molecule has 0 fully saturated rings. The molecule has 2 heterocycles. The number of halogens is 3. The van der Waals surface area contributed by atoms with E-state index in [9.17, 15) is 13.2 Å². The van der Waals surface area contributed by atoms with Crippen molar-refractivity contribution in [1.82, 2.24) is 14.5 Å². The summed E-state index contributed by atoms with van der Waals surface area (Å²) in [5.74, 6) is 2.24. The van der Waals surface area contributed by atoms with Gasteiger partial charge >= 0.3 is 6.18 Å². The van der Waals surface area contributed by atoms with Gasteiger partial charge < -0.3 is 14.0 Å². The molecule has 0 unspecified atom stereocenters. The molecule has 0 saturated carbocycles. The zero-order chi connectivity index (χ0) is 31.4. The monoisotopic (exact) mass is 611 g/mol. The van der Waals surface area contributed by atoms with Gasteiger partial charge in [0.1, 0.15) is 5.82 Å². The lowest BCUT2D eigenvalue weighted by Crippen LogP contribution is -2.28. The minimum Gasteiger partial charge on any atom is -0.454 e. The van der Waals surface area contributed by atoms with Crippen LogP contribution in [0.5, 0.6) is 11.5 Å². The van der Waals surface area contributed by atoms with Crippen LogP contribution >= 0.6 is 0 Å². The van der Waals surface area contributed by atoms with Crippen molar-refractivity contribution in [3.05, 3.63) is 126 Å². The minimum atomic E-state index is -4.42. The van der Waals surface area contributed by atoms with Crippen molar-refractivity contribution in [1.29, 1.82) is 0 Å². The van der Waals surface area contributed by atoms with Crippen molar-refractivity contribution in [2.24, 2.45) is 0 Å². The first-order chi connectivity index (χ1) is 21.8. The third kappa shape index (κ3) is 6.76. The normalized spacial score (nSPS) is 13.4. The summed E-state index contributed by atoms with van der Waals surface area (Å²) in [6.07, 6.45) is -2.46. The molecule has 4 aromatic carbocycles. The van der Waals surface area contributed by atoms with E-state index in [4.69, 9.17) is 14.5 Å². The van der Waals surface area contributed by atoms with E-state index in [1.54, 1.807) is 6.07 Å². The van der Waals surface area contributed by atoms with Crippen LogP contribution in [0, 0.1) is 0 Å². The molecule has 1 atom stereocenters. The van der Waals surface area contributed by atoms with Gasteiger partial charge in [-0.1, -0.05) is 98.3 Å². The zero-order valence-corrected chi connectivity index (χ0v) is 25.4. The van der Waals surface area contributed by atoms with Gasteiger partial charge in [-0.3, -0.25) is 4.90 Å². The Hall–Kier alpha value is -4.56. The van der Waals surface area contributed by atoms with E-state index in [0.29, 0.717) is 30.2 Å². The van der Waals surface area contributed by atoms with Crippen LogP contribution in [0.25, 0.3) is 22.6 Å². The molecule has 6 rings (SSSR count). The lowest BCUT2D eigenvalue weighted by atomic mass is 10.0. The van der Waals surface area contributed by atoms with Crippen LogP contribution in [0.3, 0.4) is 0 Å². The molecule has 232 valence electrons. The standard InChI is InChI=1S/C37H36F3N3O2/c1-3-4-20-43-35(34(29-13-7-5-8-14-29)41-36(43)30-15-9-6-10-16-30)26(2)42(23-27-12-11-17-31(21-27)37(38,39)40)24-28-18-19-32-33(22-28)45-25-44-32/h5-19,21-22,26H,3-4,20,23-25H2,1-2H3/t26-/m0/s1. The number of benzene rings is 4. The summed E-state index contributed by atoms with van der Waals surface area (Å²) in [6.45, 7) is 6.00. The summed E-state index contributed by atoms with van der Waals surface area (Å²) in [5, 5.41) is 0. The molecule has 0 N–H and O–H groups in total. The average molecular weight is 612 g/mol. The number of fused-ring (bicyclic) bond motifs is 1. The van der Waals surface area contributed by atoms with Crippen molar-refractivity contribution in [3.8, 4) is 34.1 Å². The van der Waals surface area contributed by atoms with Crippen LogP contribution in [0.15, 0.2) is 103 Å². The molecule has 0 spiro atoms. The lowest BCUT2D eigenvalue weighted by Gasteiger charge is -2.31. The third-order valence-electron chi connectivity index (χ3n) is 8.23. The fraction of sp³-hybridized carbons (Fsp3) is 0.270. The van der Waals surface area contributed by atoms with Crippen LogP contribution in [0.1, 0.15) is 55.1 Å². The van der Waals surface area contributed by atoms with Crippen LogP contribution in [-0.4, -0.2) is 21.2 Å². The highest BCUT2D eigenvalue weighted by atomic mass is 19.4. The van der Waals surface area contributed by atoms with Crippen molar-refractivity contribution in [2.45, 2.75) is 58.5 Å². The van der Waals surface area contributed by atoms with Crippen molar-refractivity contribution < 1.29 is 22.6 Å². The number of unbranched alkanes of at least 4 members (excludes halogenated alkanes) is 1. The first-order valence-corrected chi connectivity index (χ1v) is 15.3. The van der Waals surface area contributed by atoms with Gasteiger partial charge in [0.05, 0.1) is 23.0 Å². The molecule has 5 aromatic rings. The van der Waals surface area contributed by atoms with E-state index in [1.165, 1.54) is 12.1 Å². The number of nitrogens with zero attached hydrogens (tertiary/aromatic N) is 3. The quantitative estimate of drug-likeness (QED) is 0.149. The second-order valence-corrected chi connectivity index (χ2v) is 11.4. The molecule has 0 saturated heterocycles. The Morgan fingerprint density at radius 2 is 1.47 bits per heavy atom. The molecule has 5 nitrogen and oxygen atoms in total. The topological polar surface area (TPSA) is 39.5 Å². The van der Waals surface area contributed by atoms with Crippen molar-refractivity contribution in [3.63, 3.8) is 0 Å². The fourth-order valence-electron chi connectivity index (χ4n) is 5.90. The molecule has 45 heavy (non-hydrogen) atoms. The third-order valence-corrected chi connectivity index (χ3v) is 8.23. The Morgan fingerprint density at radius 3 is 2.16 bits per heavy atom. The summed E-state index contributed by atoms with van der Waals surface area (Å²) in [6, 6.07) is 31.5. The molecule has 1 aliphatic rings. The lowest BCUT2D eigenvalue weighted by molar-refractivity contribution is -0.137. The SMILES string of the molecule is CCCCn1c(-c2ccccc2)nc(-c2ccccc2)c1[C@H](C)N(Cc1cccc(C(F)(F)F)c1)Cc1ccc2c(c1)OCO2. The van der Waals surface area contributed by atoms with Crippen molar-refractivity contribution >= 4 is 0 Å². The van der Waals surface area contributed by atoms with Gasteiger partial charge in [0, 0.05) is 30.8 Å². The number of hydrogen-bond acceptors (Lipinski definition) is 4. The number of alkyl halides is 3. The van der Waals surface area contributed by atoms with Crippen LogP contribution in [0.4, 0.5) is 13.2 Å². The van der Waals surface area contributed by atoms with Gasteiger partial charge in [-0.15, -0.1) is 0 Å². The van der Waals surface area contributed by atoms with Gasteiger partial charge in [-0.2, -0.15) is 13.2 Å². The second kappa shape index (κ2) is 13.2. The molecule has 1 aliphatic heterocycles. The predicted molar refractivity (Wildman–Crippen MR) is 170 cm³/mol. The highest BCUT2D eigenvalue weighted by Crippen LogP contribution is 2.39. The Bertz CT molecular complexity index is 1740. The summed E-state index contributed by atoms with van der Waals surface area (Å²) in [7, 11) is 0. The van der Waals surface area contributed by atoms with Crippen LogP contribution in [-0.2, 0) is 25.8 Å². The Morgan fingerprint density at radius 1 is 0.800 bits per heavy atom. The highest BCUT2D eigenvalue weighted by molar-refractivity contribution is 5.69. The molecule has 0 amide bonds. The summed E-state index contributed by atoms with van der Waals surface area (Å²) >= 11 is 0. The molecule has 0 bridgehead atoms. The van der Waals surface area contributed by atoms with E-state index in [2.05, 4.69) is 47.6 Å². The molecule has 0 aliphatic carbocycles. The summed E-state index contributed by atoms with van der Waals surface area (Å²) < 4.78 is 54.7. The summed E-state index contributed by atoms with van der Waals surface area (Å²) in [4.78, 5) is 7.48. The van der Waals surface area contributed by atoms with Gasteiger partial charge in [-0.05, 0) is 42.7 Å². The van der Waals surface area contributed by atoms with E-state index in [-0.39, 0.29) is 12.8 Å². The minimum absolute atomic E-state index is 0.169. The van der Waals surface area contributed by atoms with Crippen LogP contribution < -0.4 is 9.47 Å². The second-order valence-electron chi connectivity index (χ2n) is 11.4. The summed E-state index contributed by atoms with van der Waals surface area (Å²) in [5.41, 5.74) is 4.82. The van der Waals surface area contributed by atoms with Gasteiger partial charge in [0.2, 0.25) is 6.79 Å². The molecule has 0 radical (unpaired) electrons. The first kappa shape index (κ1) is 30.5. The number of imidazole rings is 1. The van der Waals surface area contributed by atoms with Gasteiger partial charge in [-0.25, -0.2) is 4.98 Å². The smallest absolute Gasteiger partial charge is 0.416 e. The van der Waals surface area contributed by atoms with Gasteiger partial charge in [0.25, 0.3) is 0 Å². The van der Waals surface area contributed by atoms with E-state index < -0.39 is 11.7 Å². The first-order valence-electron chi connectivity index (χ1n) is 15.3. The zero-order valence-electron chi connectivity index (χ0n) is 25.4. The van der Waals surface area contributed by atoms with Gasteiger partial charge in [0.15, 0.2) is 11.5 Å². The maximum Gasteiger partial charge on any atom is 0.416 e. The molecular weight excluding hydrogens is 575 g/mol. The predicted octanol–water partition coefficient (Wildman–Crippen LogP) is 9.53. The fourth-order valence-corrected chi connectivity index (χ4v) is 5.90. The number of rotatable bonds is 11. The Labute approximate surface area is 261 Å². The number of hydrogen-bond donors (Lipinski definition) is 0. The average Bonchev–Trinajstić information content (AvgIpc) is 3.68. The molecule has 8 heteroatoms. The maximum absolute atomic E-state index is 13.7. The van der Waals surface area contributed by atoms with E-state index >= 15 is 0 Å². The van der Waals surface area contributed by atoms with Crippen molar-refractivity contribution in [2.75, 3.05) is 6.79 Å². The molecule has 1 aromatic heterocycles. The maximum atomic E-state index is 13.7. The van der Waals surface area contributed by atoms with E-state index in [0.717, 1.165) is 59.4 Å².